The molecule has 4 nitrogen and oxygen atoms in total. The van der Waals surface area contributed by atoms with Crippen molar-refractivity contribution in [3.05, 3.63) is 18.2 Å². The fourth-order valence-electron chi connectivity index (χ4n) is 1.85. The molecule has 1 aromatic rings. The number of ketones is 1. The largest absolute Gasteiger partial charge is 0.335 e. The number of aromatic nitrogens is 2. The lowest BCUT2D eigenvalue weighted by atomic mass is 10.1. The van der Waals surface area contributed by atoms with Crippen molar-refractivity contribution in [2.75, 3.05) is 18.1 Å². The molecule has 1 aliphatic heterocycles. The zero-order chi connectivity index (χ0) is 11.4. The normalized spacial score (nSPS) is 20.9. The number of thioether (sulfide) groups is 1. The van der Waals surface area contributed by atoms with Crippen LogP contribution in [0.1, 0.15) is 12.7 Å². The van der Waals surface area contributed by atoms with Gasteiger partial charge >= 0.3 is 0 Å². The Morgan fingerprint density at radius 3 is 3.31 bits per heavy atom. The highest BCUT2D eigenvalue weighted by atomic mass is 32.2. The average Bonchev–Trinajstić information content (AvgIpc) is 2.77. The molecular formula is C11H17N3OS. The van der Waals surface area contributed by atoms with E-state index in [1.165, 1.54) is 0 Å². The molecule has 1 unspecified atom stereocenters. The molecular weight excluding hydrogens is 222 g/mol. The number of nitrogens with zero attached hydrogens (tertiary/aromatic N) is 2. The molecule has 0 aromatic carbocycles. The lowest BCUT2D eigenvalue weighted by Gasteiger charge is -2.21. The second kappa shape index (κ2) is 5.50. The van der Waals surface area contributed by atoms with E-state index < -0.39 is 0 Å². The van der Waals surface area contributed by atoms with Gasteiger partial charge in [0.15, 0.2) is 5.78 Å². The van der Waals surface area contributed by atoms with E-state index in [-0.39, 0.29) is 11.8 Å². The Hall–Kier alpha value is -0.810. The zero-order valence-corrected chi connectivity index (χ0v) is 10.3. The van der Waals surface area contributed by atoms with E-state index >= 15 is 0 Å². The number of imidazole rings is 1. The lowest BCUT2D eigenvalue weighted by molar-refractivity contribution is -0.120. The standard InChI is InChI=1S/C11H17N3OS/c1-2-14-5-3-13-11(14)7-10(15)9-8-16-6-4-12-9/h3,5,9,12H,2,4,6-8H2,1H3. The van der Waals surface area contributed by atoms with Crippen LogP contribution < -0.4 is 5.32 Å². The summed E-state index contributed by atoms with van der Waals surface area (Å²) in [6.45, 7) is 3.86. The van der Waals surface area contributed by atoms with Gasteiger partial charge in [-0.25, -0.2) is 4.98 Å². The van der Waals surface area contributed by atoms with Gasteiger partial charge in [0.1, 0.15) is 5.82 Å². The highest BCUT2D eigenvalue weighted by Crippen LogP contribution is 2.10. The van der Waals surface area contributed by atoms with Crippen LogP contribution in [0.4, 0.5) is 0 Å². The molecule has 1 saturated heterocycles. The summed E-state index contributed by atoms with van der Waals surface area (Å²) in [4.78, 5) is 16.2. The first-order chi connectivity index (χ1) is 7.81. The summed E-state index contributed by atoms with van der Waals surface area (Å²) >= 11 is 1.84. The highest BCUT2D eigenvalue weighted by molar-refractivity contribution is 7.99. The molecule has 1 atom stereocenters. The molecule has 0 aliphatic carbocycles. The smallest absolute Gasteiger partial charge is 0.158 e. The predicted molar refractivity (Wildman–Crippen MR) is 65.7 cm³/mol. The number of rotatable bonds is 4. The molecule has 0 radical (unpaired) electrons. The molecule has 88 valence electrons. The maximum Gasteiger partial charge on any atom is 0.158 e. The van der Waals surface area contributed by atoms with Crippen molar-refractivity contribution < 1.29 is 4.79 Å². The first-order valence-corrected chi connectivity index (χ1v) is 6.80. The molecule has 1 fully saturated rings. The Labute approximate surface area is 99.8 Å². The van der Waals surface area contributed by atoms with Crippen LogP contribution in [0.25, 0.3) is 0 Å². The molecule has 0 bridgehead atoms. The summed E-state index contributed by atoms with van der Waals surface area (Å²) in [7, 11) is 0. The SMILES string of the molecule is CCn1ccnc1CC(=O)C1CSCCN1. The third kappa shape index (κ3) is 2.65. The van der Waals surface area contributed by atoms with Crippen molar-refractivity contribution >= 4 is 17.5 Å². The van der Waals surface area contributed by atoms with Crippen LogP contribution in [-0.2, 0) is 17.8 Å². The first kappa shape index (κ1) is 11.7. The monoisotopic (exact) mass is 239 g/mol. The molecule has 0 amide bonds. The molecule has 16 heavy (non-hydrogen) atoms. The summed E-state index contributed by atoms with van der Waals surface area (Å²) < 4.78 is 2.02. The van der Waals surface area contributed by atoms with Gasteiger partial charge in [0.05, 0.1) is 12.5 Å². The molecule has 1 aliphatic rings. The number of nitrogens with one attached hydrogen (secondary N) is 1. The minimum absolute atomic E-state index is 0.0146. The van der Waals surface area contributed by atoms with Gasteiger partial charge in [-0.1, -0.05) is 0 Å². The number of hydrogen-bond donors (Lipinski definition) is 1. The number of aryl methyl sites for hydroxylation is 1. The Morgan fingerprint density at radius 1 is 1.75 bits per heavy atom. The van der Waals surface area contributed by atoms with Crippen LogP contribution in [0.5, 0.6) is 0 Å². The highest BCUT2D eigenvalue weighted by Gasteiger charge is 2.22. The topological polar surface area (TPSA) is 46.9 Å². The molecule has 1 N–H and O–H groups in total. The third-order valence-corrected chi connectivity index (χ3v) is 3.85. The van der Waals surface area contributed by atoms with E-state index in [9.17, 15) is 4.79 Å². The number of carbonyl (C=O) groups is 1. The quantitative estimate of drug-likeness (QED) is 0.841. The van der Waals surface area contributed by atoms with Gasteiger partial charge in [-0.2, -0.15) is 11.8 Å². The Bertz CT molecular complexity index is 358. The van der Waals surface area contributed by atoms with Gasteiger partial charge in [-0.15, -0.1) is 0 Å². The second-order valence-corrected chi connectivity index (χ2v) is 5.00. The van der Waals surface area contributed by atoms with E-state index in [2.05, 4.69) is 17.2 Å². The minimum atomic E-state index is 0.0146. The van der Waals surface area contributed by atoms with Crippen molar-refractivity contribution in [2.24, 2.45) is 0 Å². The van der Waals surface area contributed by atoms with Gasteiger partial charge in [0.25, 0.3) is 0 Å². The molecule has 1 aromatic heterocycles. The Kier molecular flexibility index (Phi) is 4.01. The van der Waals surface area contributed by atoms with Crippen molar-refractivity contribution in [3.63, 3.8) is 0 Å². The van der Waals surface area contributed by atoms with Crippen molar-refractivity contribution in [1.29, 1.82) is 0 Å². The minimum Gasteiger partial charge on any atom is -0.335 e. The van der Waals surface area contributed by atoms with E-state index in [4.69, 9.17) is 0 Å². The Balaban J connectivity index is 1.95. The van der Waals surface area contributed by atoms with Crippen LogP contribution >= 0.6 is 11.8 Å². The predicted octanol–water partition coefficient (Wildman–Crippen LogP) is 0.720. The van der Waals surface area contributed by atoms with Gasteiger partial charge in [0, 0.05) is 37.0 Å². The average molecular weight is 239 g/mol. The first-order valence-electron chi connectivity index (χ1n) is 5.65. The second-order valence-electron chi connectivity index (χ2n) is 3.85. The third-order valence-electron chi connectivity index (χ3n) is 2.79. The number of carbonyl (C=O) groups excluding carboxylic acids is 1. The molecule has 0 saturated carbocycles. The lowest BCUT2D eigenvalue weighted by Crippen LogP contribution is -2.44. The van der Waals surface area contributed by atoms with Crippen molar-refractivity contribution in [3.8, 4) is 0 Å². The van der Waals surface area contributed by atoms with Gasteiger partial charge in [-0.05, 0) is 6.92 Å². The van der Waals surface area contributed by atoms with Crippen LogP contribution in [-0.4, -0.2) is 39.4 Å². The molecule has 2 rings (SSSR count). The van der Waals surface area contributed by atoms with Crippen LogP contribution in [0.15, 0.2) is 12.4 Å². The van der Waals surface area contributed by atoms with Crippen LogP contribution in [0.3, 0.4) is 0 Å². The summed E-state index contributed by atoms with van der Waals surface area (Å²) in [5.41, 5.74) is 0. The zero-order valence-electron chi connectivity index (χ0n) is 9.48. The Morgan fingerprint density at radius 2 is 2.62 bits per heavy atom. The fraction of sp³-hybridized carbons (Fsp3) is 0.636. The number of Topliss-reactive ketones (excluding diaryl/α,β-unsaturated/α-hetero) is 1. The van der Waals surface area contributed by atoms with E-state index in [0.29, 0.717) is 6.42 Å². The molecule has 2 heterocycles. The summed E-state index contributed by atoms with van der Waals surface area (Å²) in [6.07, 6.45) is 4.12. The van der Waals surface area contributed by atoms with E-state index in [1.807, 2.05) is 22.5 Å². The van der Waals surface area contributed by atoms with Crippen LogP contribution in [0.2, 0.25) is 0 Å². The van der Waals surface area contributed by atoms with Gasteiger partial charge in [0.2, 0.25) is 0 Å². The van der Waals surface area contributed by atoms with Crippen molar-refractivity contribution in [1.82, 2.24) is 14.9 Å². The number of hydrogen-bond acceptors (Lipinski definition) is 4. The summed E-state index contributed by atoms with van der Waals surface area (Å²) in [5, 5.41) is 3.26. The summed E-state index contributed by atoms with van der Waals surface area (Å²) in [6, 6.07) is 0.0146. The van der Waals surface area contributed by atoms with Crippen molar-refractivity contribution in [2.45, 2.75) is 25.9 Å². The van der Waals surface area contributed by atoms with E-state index in [1.54, 1.807) is 6.20 Å². The maximum atomic E-state index is 12.0. The fourth-order valence-corrected chi connectivity index (χ4v) is 2.81. The molecule has 5 heteroatoms. The van der Waals surface area contributed by atoms with Gasteiger partial charge in [-0.3, -0.25) is 4.79 Å². The molecule has 0 spiro atoms. The van der Waals surface area contributed by atoms with E-state index in [0.717, 1.165) is 30.4 Å². The van der Waals surface area contributed by atoms with Gasteiger partial charge < -0.3 is 9.88 Å². The van der Waals surface area contributed by atoms with Crippen LogP contribution in [0, 0.1) is 0 Å². The summed E-state index contributed by atoms with van der Waals surface area (Å²) in [5.74, 6) is 3.14. The maximum absolute atomic E-state index is 12.0.